The molecular formula is C23H30N4O3S. The second-order valence-electron chi connectivity index (χ2n) is 8.71. The van der Waals surface area contributed by atoms with Gasteiger partial charge in [0.1, 0.15) is 11.6 Å². The molecule has 1 aromatic heterocycles. The van der Waals surface area contributed by atoms with E-state index in [9.17, 15) is 13.2 Å². The summed E-state index contributed by atoms with van der Waals surface area (Å²) in [5.41, 5.74) is 4.32. The number of carbonyl (C=O) groups is 1. The maximum absolute atomic E-state index is 12.8. The Balaban J connectivity index is 1.62. The summed E-state index contributed by atoms with van der Waals surface area (Å²) >= 11 is 0. The molecule has 8 heteroatoms. The van der Waals surface area contributed by atoms with Gasteiger partial charge in [-0.3, -0.25) is 9.69 Å². The molecule has 0 aliphatic carbocycles. The van der Waals surface area contributed by atoms with Crippen LogP contribution in [0.15, 0.2) is 24.3 Å². The van der Waals surface area contributed by atoms with Crippen LogP contribution < -0.4 is 4.90 Å². The maximum Gasteiger partial charge on any atom is 0.228 e. The average molecular weight is 443 g/mol. The quantitative estimate of drug-likeness (QED) is 0.711. The van der Waals surface area contributed by atoms with Crippen molar-refractivity contribution in [1.82, 2.24) is 14.3 Å². The zero-order chi connectivity index (χ0) is 22.2. The molecule has 7 nitrogen and oxygen atoms in total. The van der Waals surface area contributed by atoms with Crippen LogP contribution in [0.2, 0.25) is 0 Å². The molecule has 0 radical (unpaired) electrons. The Morgan fingerprint density at radius 1 is 1.16 bits per heavy atom. The van der Waals surface area contributed by atoms with Crippen molar-refractivity contribution in [3.8, 4) is 0 Å². The smallest absolute Gasteiger partial charge is 0.228 e. The van der Waals surface area contributed by atoms with E-state index < -0.39 is 10.0 Å². The van der Waals surface area contributed by atoms with Crippen molar-refractivity contribution in [3.05, 3.63) is 52.5 Å². The van der Waals surface area contributed by atoms with Crippen LogP contribution in [0.5, 0.6) is 0 Å². The number of hydrogen-bond acceptors (Lipinski definition) is 5. The fourth-order valence-corrected chi connectivity index (χ4v) is 5.49. The number of piperidine rings is 1. The normalized spacial score (nSPS) is 20.0. The van der Waals surface area contributed by atoms with Gasteiger partial charge in [0.2, 0.25) is 15.9 Å². The van der Waals surface area contributed by atoms with E-state index in [2.05, 4.69) is 25.1 Å². The van der Waals surface area contributed by atoms with Crippen molar-refractivity contribution < 1.29 is 13.2 Å². The summed E-state index contributed by atoms with van der Waals surface area (Å²) in [5.74, 6) is 1.40. The van der Waals surface area contributed by atoms with E-state index >= 15 is 0 Å². The first-order valence-electron chi connectivity index (χ1n) is 10.9. The van der Waals surface area contributed by atoms with Gasteiger partial charge in [-0.1, -0.05) is 29.8 Å². The van der Waals surface area contributed by atoms with E-state index in [1.807, 2.05) is 13.0 Å². The summed E-state index contributed by atoms with van der Waals surface area (Å²) < 4.78 is 25.6. The van der Waals surface area contributed by atoms with Crippen LogP contribution in [0.1, 0.15) is 53.4 Å². The molecule has 1 amide bonds. The molecule has 1 aromatic carbocycles. The van der Waals surface area contributed by atoms with Crippen LogP contribution in [0.25, 0.3) is 0 Å². The summed E-state index contributed by atoms with van der Waals surface area (Å²) in [4.78, 5) is 24.2. The molecule has 0 N–H and O–H groups in total. The summed E-state index contributed by atoms with van der Waals surface area (Å²) in [6, 6.07) is 8.34. The summed E-state index contributed by atoms with van der Waals surface area (Å²) in [6.45, 7) is 5.55. The first-order chi connectivity index (χ1) is 14.7. The van der Waals surface area contributed by atoms with Gasteiger partial charge in [0.15, 0.2) is 0 Å². The fraction of sp³-hybridized carbons (Fsp3) is 0.522. The molecule has 0 bridgehead atoms. The van der Waals surface area contributed by atoms with E-state index in [0.717, 1.165) is 30.5 Å². The van der Waals surface area contributed by atoms with E-state index in [-0.39, 0.29) is 11.8 Å². The molecule has 2 aromatic rings. The number of anilines is 1. The third-order valence-electron chi connectivity index (χ3n) is 6.28. The molecule has 31 heavy (non-hydrogen) atoms. The number of aryl methyl sites for hydroxylation is 2. The van der Waals surface area contributed by atoms with E-state index in [0.29, 0.717) is 44.1 Å². The predicted molar refractivity (Wildman–Crippen MR) is 121 cm³/mol. The van der Waals surface area contributed by atoms with Crippen LogP contribution in [-0.4, -0.2) is 54.5 Å². The molecule has 0 unspecified atom stereocenters. The minimum Gasteiger partial charge on any atom is -0.296 e. The van der Waals surface area contributed by atoms with E-state index in [4.69, 9.17) is 9.97 Å². The Hall–Kier alpha value is -2.32. The SMILES string of the molecule is Cc1cccc(CCN2C(=O)CCc3c(C)nc([C@H]4CCCN(S(C)(=O)=O)C4)nc32)c1. The van der Waals surface area contributed by atoms with Gasteiger partial charge >= 0.3 is 0 Å². The van der Waals surface area contributed by atoms with Crippen LogP contribution >= 0.6 is 0 Å². The maximum atomic E-state index is 12.8. The Morgan fingerprint density at radius 3 is 2.71 bits per heavy atom. The predicted octanol–water partition coefficient (Wildman–Crippen LogP) is 2.75. The lowest BCUT2D eigenvalue weighted by Crippen LogP contribution is -2.40. The van der Waals surface area contributed by atoms with Crippen molar-refractivity contribution in [2.45, 2.75) is 51.9 Å². The van der Waals surface area contributed by atoms with Gasteiger partial charge in [-0.15, -0.1) is 0 Å². The van der Waals surface area contributed by atoms with Crippen molar-refractivity contribution in [1.29, 1.82) is 0 Å². The van der Waals surface area contributed by atoms with Gasteiger partial charge < -0.3 is 0 Å². The zero-order valence-electron chi connectivity index (χ0n) is 18.5. The standard InChI is InChI=1S/C23H30N4O3S/c1-16-6-4-7-18(14-16)11-13-27-21(28)10-9-20-17(2)24-22(25-23(20)27)19-8-5-12-26(15-19)31(3,29)30/h4,6-7,14,19H,5,8-13,15H2,1-3H3/t19-/m0/s1. The van der Waals surface area contributed by atoms with Crippen molar-refractivity contribution >= 4 is 21.7 Å². The molecule has 3 heterocycles. The third kappa shape index (κ3) is 4.80. The van der Waals surface area contributed by atoms with Crippen LogP contribution in [0, 0.1) is 13.8 Å². The number of nitrogens with zero attached hydrogens (tertiary/aromatic N) is 4. The van der Waals surface area contributed by atoms with Crippen LogP contribution in [0.4, 0.5) is 5.82 Å². The molecule has 0 spiro atoms. The summed E-state index contributed by atoms with van der Waals surface area (Å²) in [6.07, 6.45) is 4.77. The zero-order valence-corrected chi connectivity index (χ0v) is 19.3. The number of aromatic nitrogens is 2. The highest BCUT2D eigenvalue weighted by molar-refractivity contribution is 7.88. The minimum absolute atomic E-state index is 0.0527. The topological polar surface area (TPSA) is 83.5 Å². The van der Waals surface area contributed by atoms with Crippen molar-refractivity contribution in [2.75, 3.05) is 30.8 Å². The lowest BCUT2D eigenvalue weighted by molar-refractivity contribution is -0.118. The molecule has 2 aliphatic rings. The molecule has 1 fully saturated rings. The molecular weight excluding hydrogens is 412 g/mol. The summed E-state index contributed by atoms with van der Waals surface area (Å²) in [5, 5.41) is 0. The summed E-state index contributed by atoms with van der Waals surface area (Å²) in [7, 11) is -3.24. The molecule has 1 saturated heterocycles. The molecule has 4 rings (SSSR count). The molecule has 166 valence electrons. The second-order valence-corrected chi connectivity index (χ2v) is 10.7. The lowest BCUT2D eigenvalue weighted by atomic mass is 9.97. The monoisotopic (exact) mass is 442 g/mol. The van der Waals surface area contributed by atoms with Crippen molar-refractivity contribution in [2.24, 2.45) is 0 Å². The number of fused-ring (bicyclic) bond motifs is 1. The highest BCUT2D eigenvalue weighted by Gasteiger charge is 2.32. The number of benzene rings is 1. The number of carbonyl (C=O) groups excluding carboxylic acids is 1. The minimum atomic E-state index is -3.24. The highest BCUT2D eigenvalue weighted by Crippen LogP contribution is 2.32. The number of sulfonamides is 1. The van der Waals surface area contributed by atoms with Crippen LogP contribution in [0.3, 0.4) is 0 Å². The Kier molecular flexibility index (Phi) is 6.12. The van der Waals surface area contributed by atoms with Gasteiger partial charge in [-0.25, -0.2) is 22.7 Å². The van der Waals surface area contributed by atoms with Gasteiger partial charge in [0.05, 0.1) is 6.26 Å². The fourth-order valence-electron chi connectivity index (χ4n) is 4.58. The largest absolute Gasteiger partial charge is 0.296 e. The first-order valence-corrected chi connectivity index (χ1v) is 12.8. The van der Waals surface area contributed by atoms with E-state index in [1.54, 1.807) is 4.90 Å². The molecule has 0 saturated carbocycles. The number of rotatable bonds is 5. The van der Waals surface area contributed by atoms with Crippen LogP contribution in [-0.2, 0) is 27.7 Å². The first kappa shape index (κ1) is 21.9. The van der Waals surface area contributed by atoms with Crippen molar-refractivity contribution in [3.63, 3.8) is 0 Å². The Labute approximate surface area is 184 Å². The average Bonchev–Trinajstić information content (AvgIpc) is 2.72. The Bertz CT molecular complexity index is 1100. The van der Waals surface area contributed by atoms with Gasteiger partial charge in [-0.05, 0) is 45.1 Å². The highest BCUT2D eigenvalue weighted by atomic mass is 32.2. The van der Waals surface area contributed by atoms with Gasteiger partial charge in [0, 0.05) is 43.2 Å². The molecule has 2 aliphatic heterocycles. The molecule has 1 atom stereocenters. The Morgan fingerprint density at radius 2 is 1.97 bits per heavy atom. The van der Waals surface area contributed by atoms with Gasteiger partial charge in [-0.2, -0.15) is 0 Å². The third-order valence-corrected chi connectivity index (χ3v) is 7.55. The second kappa shape index (κ2) is 8.67. The lowest BCUT2D eigenvalue weighted by Gasteiger charge is -2.33. The number of hydrogen-bond donors (Lipinski definition) is 0. The van der Waals surface area contributed by atoms with Gasteiger partial charge in [0.25, 0.3) is 0 Å². The van der Waals surface area contributed by atoms with E-state index in [1.165, 1.54) is 21.7 Å². The number of amides is 1.